The molecular formula is C13H22N4O2. The molecule has 106 valence electrons. The van der Waals surface area contributed by atoms with Crippen LogP contribution in [-0.2, 0) is 16.1 Å². The third-order valence-electron chi connectivity index (χ3n) is 3.50. The molecule has 0 saturated carbocycles. The van der Waals surface area contributed by atoms with Crippen molar-refractivity contribution in [2.45, 2.75) is 39.0 Å². The molecule has 2 heterocycles. The van der Waals surface area contributed by atoms with Gasteiger partial charge in [-0.1, -0.05) is 0 Å². The first-order valence-corrected chi connectivity index (χ1v) is 6.61. The fourth-order valence-electron chi connectivity index (χ4n) is 2.40. The monoisotopic (exact) mass is 266 g/mol. The minimum atomic E-state index is -0.888. The van der Waals surface area contributed by atoms with Crippen LogP contribution in [0.5, 0.6) is 0 Å². The lowest BCUT2D eigenvalue weighted by Gasteiger charge is -2.38. The normalized spacial score (nSPS) is 24.8. The topological polar surface area (TPSA) is 73.4 Å². The van der Waals surface area contributed by atoms with Gasteiger partial charge >= 0.3 is 0 Å². The maximum atomic E-state index is 11.5. The number of nitrogens with zero attached hydrogens (tertiary/aromatic N) is 3. The number of morpholine rings is 1. The molecule has 6 heteroatoms. The maximum Gasteiger partial charge on any atom is 0.250 e. The molecule has 1 amide bonds. The van der Waals surface area contributed by atoms with Gasteiger partial charge in [-0.25, -0.2) is 0 Å². The van der Waals surface area contributed by atoms with Gasteiger partial charge < -0.3 is 10.5 Å². The average Bonchev–Trinajstić information content (AvgIpc) is 2.77. The Morgan fingerprint density at radius 2 is 2.37 bits per heavy atom. The fourth-order valence-corrected chi connectivity index (χ4v) is 2.40. The number of carbonyl (C=O) groups excluding carboxylic acids is 1. The van der Waals surface area contributed by atoms with Crippen molar-refractivity contribution in [3.8, 4) is 0 Å². The van der Waals surface area contributed by atoms with Gasteiger partial charge in [-0.3, -0.25) is 14.4 Å². The number of amides is 1. The van der Waals surface area contributed by atoms with Crippen molar-refractivity contribution in [1.82, 2.24) is 14.7 Å². The van der Waals surface area contributed by atoms with Gasteiger partial charge in [0, 0.05) is 31.9 Å². The molecule has 1 aromatic rings. The first-order valence-electron chi connectivity index (χ1n) is 6.61. The van der Waals surface area contributed by atoms with Crippen LogP contribution in [0, 0.1) is 0 Å². The zero-order valence-electron chi connectivity index (χ0n) is 11.8. The van der Waals surface area contributed by atoms with Crippen LogP contribution >= 0.6 is 0 Å². The quantitative estimate of drug-likeness (QED) is 0.863. The Balaban J connectivity index is 2.07. The van der Waals surface area contributed by atoms with E-state index in [4.69, 9.17) is 10.5 Å². The molecule has 2 rings (SSSR count). The molecule has 2 N–H and O–H groups in total. The predicted octanol–water partition coefficient (Wildman–Crippen LogP) is 0.540. The summed E-state index contributed by atoms with van der Waals surface area (Å²) in [6, 6.07) is 2.34. The van der Waals surface area contributed by atoms with E-state index >= 15 is 0 Å². The summed E-state index contributed by atoms with van der Waals surface area (Å²) < 4.78 is 7.51. The van der Waals surface area contributed by atoms with Gasteiger partial charge in [-0.15, -0.1) is 0 Å². The molecule has 0 spiro atoms. The molecule has 1 aliphatic rings. The van der Waals surface area contributed by atoms with Gasteiger partial charge in [0.15, 0.2) is 5.60 Å². The molecule has 1 saturated heterocycles. The van der Waals surface area contributed by atoms with Gasteiger partial charge in [0.05, 0.1) is 12.3 Å². The number of ether oxygens (including phenoxy) is 1. The second kappa shape index (κ2) is 5.30. The lowest BCUT2D eigenvalue weighted by Crippen LogP contribution is -2.56. The summed E-state index contributed by atoms with van der Waals surface area (Å²) in [6.07, 6.45) is 1.81. The molecule has 0 aromatic carbocycles. The molecule has 1 fully saturated rings. The highest BCUT2D eigenvalue weighted by Crippen LogP contribution is 2.19. The Morgan fingerprint density at radius 3 is 3.00 bits per heavy atom. The standard InChI is InChI=1S/C13H22N4O2/c1-10(2)17-11(4-5-15-17)8-16-6-7-19-13(3,9-16)12(14)18/h4-5,10H,6-9H2,1-3H3,(H2,14,18)/t13-/m0/s1. The number of hydrogen-bond acceptors (Lipinski definition) is 4. The minimum Gasteiger partial charge on any atom is -0.367 e. The zero-order valence-corrected chi connectivity index (χ0v) is 11.8. The summed E-state index contributed by atoms with van der Waals surface area (Å²) in [6.45, 7) is 8.55. The van der Waals surface area contributed by atoms with E-state index in [2.05, 4.69) is 23.8 Å². The number of primary amides is 1. The number of nitrogens with two attached hydrogens (primary N) is 1. The van der Waals surface area contributed by atoms with E-state index in [1.807, 2.05) is 16.9 Å². The van der Waals surface area contributed by atoms with Crippen molar-refractivity contribution >= 4 is 5.91 Å². The zero-order chi connectivity index (χ0) is 14.0. The van der Waals surface area contributed by atoms with Crippen molar-refractivity contribution in [2.24, 2.45) is 5.73 Å². The Hall–Kier alpha value is -1.40. The molecule has 0 radical (unpaired) electrons. The number of carbonyl (C=O) groups is 1. The summed E-state index contributed by atoms with van der Waals surface area (Å²) in [7, 11) is 0. The number of hydrogen-bond donors (Lipinski definition) is 1. The highest BCUT2D eigenvalue weighted by Gasteiger charge is 2.37. The largest absolute Gasteiger partial charge is 0.367 e. The van der Waals surface area contributed by atoms with Crippen LogP contribution in [0.15, 0.2) is 12.3 Å². The summed E-state index contributed by atoms with van der Waals surface area (Å²) in [5.41, 5.74) is 5.66. The van der Waals surface area contributed by atoms with Gasteiger partial charge in [0.1, 0.15) is 0 Å². The fraction of sp³-hybridized carbons (Fsp3) is 0.692. The number of aromatic nitrogens is 2. The molecule has 1 aromatic heterocycles. The molecule has 0 bridgehead atoms. The molecular weight excluding hydrogens is 244 g/mol. The smallest absolute Gasteiger partial charge is 0.250 e. The second-order valence-corrected chi connectivity index (χ2v) is 5.52. The molecule has 1 aliphatic heterocycles. The van der Waals surface area contributed by atoms with Crippen LogP contribution in [-0.4, -0.2) is 45.9 Å². The molecule has 0 aliphatic carbocycles. The third-order valence-corrected chi connectivity index (χ3v) is 3.50. The van der Waals surface area contributed by atoms with Crippen LogP contribution in [0.3, 0.4) is 0 Å². The van der Waals surface area contributed by atoms with E-state index in [1.54, 1.807) is 6.92 Å². The van der Waals surface area contributed by atoms with Gasteiger partial charge in [0.2, 0.25) is 0 Å². The SMILES string of the molecule is CC(C)n1nccc1CN1CCO[C@](C)(C(N)=O)C1. The maximum absolute atomic E-state index is 11.5. The van der Waals surface area contributed by atoms with Crippen LogP contribution in [0.1, 0.15) is 32.5 Å². The molecule has 19 heavy (non-hydrogen) atoms. The first-order chi connectivity index (χ1) is 8.92. The highest BCUT2D eigenvalue weighted by atomic mass is 16.5. The van der Waals surface area contributed by atoms with E-state index < -0.39 is 11.5 Å². The molecule has 6 nitrogen and oxygen atoms in total. The van der Waals surface area contributed by atoms with E-state index in [9.17, 15) is 4.79 Å². The van der Waals surface area contributed by atoms with Crippen molar-refractivity contribution in [3.63, 3.8) is 0 Å². The summed E-state index contributed by atoms with van der Waals surface area (Å²) in [5.74, 6) is -0.408. The lowest BCUT2D eigenvalue weighted by atomic mass is 10.0. The summed E-state index contributed by atoms with van der Waals surface area (Å²) in [4.78, 5) is 13.6. The van der Waals surface area contributed by atoms with E-state index in [-0.39, 0.29) is 0 Å². The number of rotatable bonds is 4. The minimum absolute atomic E-state index is 0.327. The summed E-state index contributed by atoms with van der Waals surface area (Å²) >= 11 is 0. The van der Waals surface area contributed by atoms with Gasteiger partial charge in [-0.2, -0.15) is 5.10 Å². The van der Waals surface area contributed by atoms with Crippen molar-refractivity contribution in [3.05, 3.63) is 18.0 Å². The van der Waals surface area contributed by atoms with Crippen molar-refractivity contribution in [2.75, 3.05) is 19.7 Å². The first kappa shape index (κ1) is 14.0. The lowest BCUT2D eigenvalue weighted by molar-refractivity contribution is -0.153. The van der Waals surface area contributed by atoms with Crippen LogP contribution < -0.4 is 5.73 Å². The van der Waals surface area contributed by atoms with E-state index in [0.29, 0.717) is 19.2 Å². The Labute approximate surface area is 113 Å². The Morgan fingerprint density at radius 1 is 1.63 bits per heavy atom. The van der Waals surface area contributed by atoms with Crippen molar-refractivity contribution < 1.29 is 9.53 Å². The van der Waals surface area contributed by atoms with Crippen LogP contribution in [0.25, 0.3) is 0 Å². The molecule has 1 atom stereocenters. The highest BCUT2D eigenvalue weighted by molar-refractivity contribution is 5.83. The van der Waals surface area contributed by atoms with Crippen LogP contribution in [0.4, 0.5) is 0 Å². The van der Waals surface area contributed by atoms with Gasteiger partial charge in [-0.05, 0) is 26.8 Å². The molecule has 0 unspecified atom stereocenters. The Bertz CT molecular complexity index is 457. The third kappa shape index (κ3) is 2.96. The van der Waals surface area contributed by atoms with Crippen molar-refractivity contribution in [1.29, 1.82) is 0 Å². The van der Waals surface area contributed by atoms with E-state index in [1.165, 1.54) is 0 Å². The summed E-state index contributed by atoms with van der Waals surface area (Å²) in [5, 5.41) is 4.32. The van der Waals surface area contributed by atoms with Crippen LogP contribution in [0.2, 0.25) is 0 Å². The second-order valence-electron chi connectivity index (χ2n) is 5.52. The Kier molecular flexibility index (Phi) is 3.91. The predicted molar refractivity (Wildman–Crippen MR) is 71.4 cm³/mol. The van der Waals surface area contributed by atoms with Gasteiger partial charge in [0.25, 0.3) is 5.91 Å². The average molecular weight is 266 g/mol. The van der Waals surface area contributed by atoms with E-state index in [0.717, 1.165) is 18.8 Å².